The Morgan fingerprint density at radius 3 is 2.36 bits per heavy atom. The van der Waals surface area contributed by atoms with E-state index < -0.39 is 16.5 Å². The molecule has 0 spiro atoms. The van der Waals surface area contributed by atoms with E-state index in [4.69, 9.17) is 5.11 Å². The smallest absolute Gasteiger partial charge is 0.225 e. The van der Waals surface area contributed by atoms with Crippen LogP contribution in [0, 0.1) is 0 Å². The fourth-order valence-electron chi connectivity index (χ4n) is 0.650. The number of nitrogens with zero attached hydrogens (tertiary/aromatic N) is 1. The molecule has 4 nitrogen and oxygen atoms in total. The fraction of sp³-hybridized carbons (Fsp3) is 0.833. The SMILES string of the molecule is CC(=O)N(CO)C(C)[S+](C)[O-]. The van der Waals surface area contributed by atoms with Crippen LogP contribution in [0.15, 0.2) is 0 Å². The lowest BCUT2D eigenvalue weighted by Crippen LogP contribution is -2.42. The van der Waals surface area contributed by atoms with Crippen LogP contribution in [-0.4, -0.2) is 38.8 Å². The van der Waals surface area contributed by atoms with E-state index in [2.05, 4.69) is 0 Å². The Morgan fingerprint density at radius 1 is 1.82 bits per heavy atom. The molecule has 0 fully saturated rings. The van der Waals surface area contributed by atoms with E-state index in [0.29, 0.717) is 0 Å². The molecule has 0 rings (SSSR count). The lowest BCUT2D eigenvalue weighted by Gasteiger charge is -2.25. The molecule has 11 heavy (non-hydrogen) atoms. The van der Waals surface area contributed by atoms with Crippen molar-refractivity contribution in [3.63, 3.8) is 0 Å². The molecule has 2 atom stereocenters. The van der Waals surface area contributed by atoms with Gasteiger partial charge in [-0.15, -0.1) is 0 Å². The third-order valence-electron chi connectivity index (χ3n) is 1.48. The molecule has 0 aliphatic carbocycles. The van der Waals surface area contributed by atoms with Crippen LogP contribution in [0.4, 0.5) is 0 Å². The number of hydrogen-bond acceptors (Lipinski definition) is 3. The first-order valence-corrected chi connectivity index (χ1v) is 4.83. The first-order valence-electron chi connectivity index (χ1n) is 3.21. The molecule has 0 saturated heterocycles. The minimum absolute atomic E-state index is 0.268. The zero-order valence-corrected chi connectivity index (χ0v) is 7.72. The Kier molecular flexibility index (Phi) is 4.48. The Hall–Kier alpha value is -0.260. The van der Waals surface area contributed by atoms with Gasteiger partial charge in [0.1, 0.15) is 6.73 Å². The number of aliphatic hydroxyl groups is 1. The molecule has 0 aliphatic rings. The molecule has 0 aromatic heterocycles. The highest BCUT2D eigenvalue weighted by molar-refractivity contribution is 7.91. The summed E-state index contributed by atoms with van der Waals surface area (Å²) < 4.78 is 10.9. The standard InChI is InChI=1S/C6H13NO3S/c1-5(9)7(4-8)6(2)11(3)10/h6,8H,4H2,1-3H3. The van der Waals surface area contributed by atoms with Gasteiger partial charge in [0.15, 0.2) is 5.37 Å². The van der Waals surface area contributed by atoms with Crippen molar-refractivity contribution >= 4 is 17.1 Å². The monoisotopic (exact) mass is 179 g/mol. The Labute approximate surface area is 69.4 Å². The van der Waals surface area contributed by atoms with Gasteiger partial charge in [0.25, 0.3) is 0 Å². The first-order chi connectivity index (χ1) is 5.00. The number of rotatable bonds is 3. The molecular weight excluding hydrogens is 166 g/mol. The van der Waals surface area contributed by atoms with Gasteiger partial charge in [-0.25, -0.2) is 0 Å². The predicted molar refractivity (Wildman–Crippen MR) is 43.1 cm³/mol. The molecule has 0 aromatic carbocycles. The summed E-state index contributed by atoms with van der Waals surface area (Å²) in [7, 11) is 0. The van der Waals surface area contributed by atoms with E-state index in [0.717, 1.165) is 4.90 Å². The number of carbonyl (C=O) groups is 1. The van der Waals surface area contributed by atoms with Crippen LogP contribution in [0.5, 0.6) is 0 Å². The van der Waals surface area contributed by atoms with Crippen LogP contribution in [-0.2, 0) is 16.0 Å². The highest BCUT2D eigenvalue weighted by Gasteiger charge is 2.22. The van der Waals surface area contributed by atoms with Crippen LogP contribution in [0.1, 0.15) is 13.8 Å². The van der Waals surface area contributed by atoms with Crippen LogP contribution < -0.4 is 0 Å². The summed E-state index contributed by atoms with van der Waals surface area (Å²) >= 11 is -1.12. The molecule has 0 saturated carbocycles. The topological polar surface area (TPSA) is 63.6 Å². The van der Waals surface area contributed by atoms with Gasteiger partial charge in [-0.05, 0) is 11.2 Å². The number of hydrogen-bond donors (Lipinski definition) is 1. The predicted octanol–water partition coefficient (Wildman–Crippen LogP) is -0.491. The summed E-state index contributed by atoms with van der Waals surface area (Å²) in [4.78, 5) is 11.9. The first kappa shape index (κ1) is 10.7. The van der Waals surface area contributed by atoms with Crippen molar-refractivity contribution in [2.45, 2.75) is 19.2 Å². The van der Waals surface area contributed by atoms with Crippen molar-refractivity contribution in [1.29, 1.82) is 0 Å². The van der Waals surface area contributed by atoms with Gasteiger partial charge in [0.2, 0.25) is 5.91 Å². The quantitative estimate of drug-likeness (QED) is 0.469. The minimum Gasteiger partial charge on any atom is -0.615 e. The van der Waals surface area contributed by atoms with Gasteiger partial charge in [-0.2, -0.15) is 0 Å². The third kappa shape index (κ3) is 3.09. The van der Waals surface area contributed by atoms with E-state index in [1.54, 1.807) is 6.92 Å². The zero-order valence-electron chi connectivity index (χ0n) is 6.90. The summed E-state index contributed by atoms with van der Waals surface area (Å²) in [6, 6.07) is 0. The minimum atomic E-state index is -1.12. The van der Waals surface area contributed by atoms with Crippen LogP contribution in [0.2, 0.25) is 0 Å². The third-order valence-corrected chi connectivity index (χ3v) is 2.69. The average Bonchev–Trinajstić information content (AvgIpc) is 1.88. The van der Waals surface area contributed by atoms with E-state index in [9.17, 15) is 9.35 Å². The van der Waals surface area contributed by atoms with Gasteiger partial charge in [0, 0.05) is 13.8 Å². The molecule has 0 aromatic rings. The molecule has 0 radical (unpaired) electrons. The van der Waals surface area contributed by atoms with Gasteiger partial charge in [-0.3, -0.25) is 9.69 Å². The van der Waals surface area contributed by atoms with Crippen molar-refractivity contribution in [1.82, 2.24) is 4.90 Å². The van der Waals surface area contributed by atoms with E-state index >= 15 is 0 Å². The van der Waals surface area contributed by atoms with E-state index in [-0.39, 0.29) is 12.6 Å². The number of aliphatic hydroxyl groups excluding tert-OH is 1. The van der Waals surface area contributed by atoms with Crippen LogP contribution in [0.3, 0.4) is 0 Å². The Balaban J connectivity index is 4.14. The second kappa shape index (κ2) is 4.58. The summed E-state index contributed by atoms with van der Waals surface area (Å²) in [5, 5.41) is 8.27. The summed E-state index contributed by atoms with van der Waals surface area (Å²) in [5.74, 6) is -0.268. The van der Waals surface area contributed by atoms with E-state index in [1.807, 2.05) is 0 Å². The molecule has 5 heteroatoms. The number of amides is 1. The maximum absolute atomic E-state index is 10.9. The average molecular weight is 179 g/mol. The van der Waals surface area contributed by atoms with Crippen LogP contribution in [0.25, 0.3) is 0 Å². The normalized spacial score (nSPS) is 15.7. The molecule has 0 aliphatic heterocycles. The lowest BCUT2D eigenvalue weighted by atomic mass is 10.5. The van der Waals surface area contributed by atoms with Gasteiger partial charge >= 0.3 is 0 Å². The molecule has 0 heterocycles. The van der Waals surface area contributed by atoms with Gasteiger partial charge in [0.05, 0.1) is 6.26 Å². The second-order valence-corrected chi connectivity index (χ2v) is 3.91. The molecule has 1 amide bonds. The molecule has 2 unspecified atom stereocenters. The molecule has 66 valence electrons. The maximum atomic E-state index is 10.9. The van der Waals surface area contributed by atoms with Crippen molar-refractivity contribution in [2.75, 3.05) is 13.0 Å². The fourth-order valence-corrected chi connectivity index (χ4v) is 1.22. The molecule has 1 N–H and O–H groups in total. The van der Waals surface area contributed by atoms with Crippen molar-refractivity contribution in [3.05, 3.63) is 0 Å². The summed E-state index contributed by atoms with van der Waals surface area (Å²) in [6.07, 6.45) is 1.50. The van der Waals surface area contributed by atoms with Gasteiger partial charge in [-0.1, -0.05) is 0 Å². The molecule has 0 bridgehead atoms. The number of carbonyl (C=O) groups excluding carboxylic acids is 1. The maximum Gasteiger partial charge on any atom is 0.225 e. The van der Waals surface area contributed by atoms with Gasteiger partial charge < -0.3 is 9.66 Å². The zero-order chi connectivity index (χ0) is 9.02. The Bertz CT molecular complexity index is 140. The second-order valence-electron chi connectivity index (χ2n) is 2.23. The van der Waals surface area contributed by atoms with Crippen LogP contribution >= 0.6 is 0 Å². The van der Waals surface area contributed by atoms with Crippen molar-refractivity contribution < 1.29 is 14.5 Å². The molecular formula is C6H13NO3S. The van der Waals surface area contributed by atoms with Crippen molar-refractivity contribution in [3.8, 4) is 0 Å². The van der Waals surface area contributed by atoms with E-state index in [1.165, 1.54) is 13.2 Å². The van der Waals surface area contributed by atoms with Crippen molar-refractivity contribution in [2.24, 2.45) is 0 Å². The highest BCUT2D eigenvalue weighted by Crippen LogP contribution is 2.04. The lowest BCUT2D eigenvalue weighted by molar-refractivity contribution is -0.133. The largest absolute Gasteiger partial charge is 0.615 e. The highest BCUT2D eigenvalue weighted by atomic mass is 32.2. The summed E-state index contributed by atoms with van der Waals surface area (Å²) in [5.41, 5.74) is 0. The Morgan fingerprint density at radius 2 is 2.27 bits per heavy atom. The summed E-state index contributed by atoms with van der Waals surface area (Å²) in [6.45, 7) is 2.59.